The summed E-state index contributed by atoms with van der Waals surface area (Å²) in [4.78, 5) is 0. The highest BCUT2D eigenvalue weighted by Gasteiger charge is 2.15. The van der Waals surface area contributed by atoms with Crippen molar-refractivity contribution in [2.75, 3.05) is 0 Å². The molecule has 1 aliphatic carbocycles. The molecule has 16 heavy (non-hydrogen) atoms. The number of allylic oxidation sites excluding steroid dienone is 7. The molecule has 0 spiro atoms. The topological polar surface area (TPSA) is 0 Å². The van der Waals surface area contributed by atoms with E-state index in [1.165, 1.54) is 30.4 Å². The first kappa shape index (κ1) is 13.0. The number of hydrogen-bond donors (Lipinski definition) is 0. The summed E-state index contributed by atoms with van der Waals surface area (Å²) in [7, 11) is 0. The van der Waals surface area contributed by atoms with Gasteiger partial charge in [0.1, 0.15) is 0 Å². The van der Waals surface area contributed by atoms with Crippen LogP contribution >= 0.6 is 0 Å². The van der Waals surface area contributed by atoms with E-state index >= 15 is 0 Å². The van der Waals surface area contributed by atoms with Crippen molar-refractivity contribution in [2.24, 2.45) is 0 Å². The van der Waals surface area contributed by atoms with Gasteiger partial charge in [0, 0.05) is 0 Å². The Balaban J connectivity index is 2.88. The zero-order valence-corrected chi connectivity index (χ0v) is 11.0. The molecule has 0 fully saturated rings. The fourth-order valence-electron chi connectivity index (χ4n) is 2.28. The van der Waals surface area contributed by atoms with Crippen molar-refractivity contribution in [3.8, 4) is 0 Å². The van der Waals surface area contributed by atoms with Gasteiger partial charge >= 0.3 is 0 Å². The third kappa shape index (κ3) is 2.98. The van der Waals surface area contributed by atoms with E-state index < -0.39 is 0 Å². The second-order valence-electron chi connectivity index (χ2n) is 4.34. The second kappa shape index (κ2) is 6.52. The molecule has 0 bridgehead atoms. The maximum absolute atomic E-state index is 3.81. The van der Waals surface area contributed by atoms with Gasteiger partial charge in [-0.05, 0) is 50.2 Å². The fraction of sp³-hybridized carbons (Fsp3) is 0.500. The van der Waals surface area contributed by atoms with Crippen LogP contribution < -0.4 is 0 Å². The second-order valence-corrected chi connectivity index (χ2v) is 4.34. The number of hydrogen-bond acceptors (Lipinski definition) is 0. The summed E-state index contributed by atoms with van der Waals surface area (Å²) in [6, 6.07) is 0. The van der Waals surface area contributed by atoms with E-state index in [2.05, 4.69) is 39.5 Å². The minimum atomic E-state index is 1.08. The van der Waals surface area contributed by atoms with Crippen molar-refractivity contribution in [3.63, 3.8) is 0 Å². The van der Waals surface area contributed by atoms with Gasteiger partial charge in [-0.2, -0.15) is 0 Å². The normalized spacial score (nSPS) is 16.7. The first-order chi connectivity index (χ1) is 7.76. The van der Waals surface area contributed by atoms with Gasteiger partial charge in [-0.25, -0.2) is 0 Å². The summed E-state index contributed by atoms with van der Waals surface area (Å²) in [5, 5.41) is 0. The van der Waals surface area contributed by atoms with Gasteiger partial charge in [0.15, 0.2) is 0 Å². The average Bonchev–Trinajstić information content (AvgIpc) is 2.73. The minimum absolute atomic E-state index is 1.08. The van der Waals surface area contributed by atoms with Crippen LogP contribution in [0.25, 0.3) is 0 Å². The molecule has 0 unspecified atom stereocenters. The van der Waals surface area contributed by atoms with Crippen LogP contribution in [0.4, 0.5) is 0 Å². The van der Waals surface area contributed by atoms with Crippen molar-refractivity contribution < 1.29 is 0 Å². The lowest BCUT2D eigenvalue weighted by Gasteiger charge is -2.08. The Hall–Kier alpha value is -1.04. The lowest BCUT2D eigenvalue weighted by Crippen LogP contribution is -1.89. The molecule has 0 aromatic carbocycles. The molecule has 0 aromatic heterocycles. The molecule has 0 aromatic rings. The molecule has 88 valence electrons. The van der Waals surface area contributed by atoms with Crippen LogP contribution in [0.2, 0.25) is 0 Å². The van der Waals surface area contributed by atoms with E-state index in [9.17, 15) is 0 Å². The zero-order chi connectivity index (χ0) is 12.0. The van der Waals surface area contributed by atoms with Crippen molar-refractivity contribution in [1.82, 2.24) is 0 Å². The molecule has 0 saturated carbocycles. The Morgan fingerprint density at radius 2 is 2.12 bits per heavy atom. The highest BCUT2D eigenvalue weighted by atomic mass is 14.2. The van der Waals surface area contributed by atoms with E-state index in [-0.39, 0.29) is 0 Å². The third-order valence-electron chi connectivity index (χ3n) is 3.36. The highest BCUT2D eigenvalue weighted by Crippen LogP contribution is 2.34. The predicted octanol–water partition coefficient (Wildman–Crippen LogP) is 5.35. The van der Waals surface area contributed by atoms with E-state index in [1.54, 1.807) is 11.1 Å². The van der Waals surface area contributed by atoms with Gasteiger partial charge in [-0.3, -0.25) is 0 Å². The molecule has 0 heterocycles. The Morgan fingerprint density at radius 3 is 2.62 bits per heavy atom. The summed E-state index contributed by atoms with van der Waals surface area (Å²) < 4.78 is 0. The van der Waals surface area contributed by atoms with Crippen LogP contribution in [0, 0.1) is 0 Å². The van der Waals surface area contributed by atoms with Crippen molar-refractivity contribution in [3.05, 3.63) is 47.1 Å². The fourth-order valence-corrected chi connectivity index (χ4v) is 2.28. The maximum Gasteiger partial charge on any atom is -0.00962 e. The first-order valence-electron chi connectivity index (χ1n) is 6.44. The van der Waals surface area contributed by atoms with E-state index in [4.69, 9.17) is 0 Å². The van der Waals surface area contributed by atoms with Gasteiger partial charge in [0.05, 0.1) is 0 Å². The molecule has 0 nitrogen and oxygen atoms in total. The van der Waals surface area contributed by atoms with Crippen LogP contribution in [0.15, 0.2) is 47.1 Å². The first-order valence-corrected chi connectivity index (χ1v) is 6.44. The van der Waals surface area contributed by atoms with Crippen molar-refractivity contribution in [2.45, 2.75) is 52.9 Å². The predicted molar refractivity (Wildman–Crippen MR) is 73.5 cm³/mol. The van der Waals surface area contributed by atoms with Crippen molar-refractivity contribution >= 4 is 0 Å². The van der Waals surface area contributed by atoms with Crippen LogP contribution in [-0.4, -0.2) is 0 Å². The largest absolute Gasteiger partial charge is 0.103 e. The van der Waals surface area contributed by atoms with Gasteiger partial charge < -0.3 is 0 Å². The van der Waals surface area contributed by atoms with Crippen LogP contribution in [0.5, 0.6) is 0 Å². The average molecular weight is 216 g/mol. The molecular weight excluding hydrogens is 192 g/mol. The molecule has 1 aliphatic rings. The van der Waals surface area contributed by atoms with Crippen LogP contribution in [0.3, 0.4) is 0 Å². The van der Waals surface area contributed by atoms with Gasteiger partial charge in [-0.1, -0.05) is 43.2 Å². The Kier molecular flexibility index (Phi) is 5.31. The standard InChI is InChI=1S/C16H24/c1-5-9-10-14(7-3)16-12-13(6-2)11-15(16)8-4/h5,7,12H,1,6,8-11H2,2-4H3/b14-7+. The van der Waals surface area contributed by atoms with Gasteiger partial charge in [0.2, 0.25) is 0 Å². The Bertz CT molecular complexity index is 337. The summed E-state index contributed by atoms with van der Waals surface area (Å²) in [6.07, 6.45) is 12.5. The number of rotatable bonds is 6. The quantitative estimate of drug-likeness (QED) is 0.525. The van der Waals surface area contributed by atoms with Gasteiger partial charge in [-0.15, -0.1) is 6.58 Å². The molecule has 0 heteroatoms. The Morgan fingerprint density at radius 1 is 1.38 bits per heavy atom. The zero-order valence-electron chi connectivity index (χ0n) is 11.0. The molecule has 0 amide bonds. The Labute approximate surface area is 100 Å². The molecule has 0 aliphatic heterocycles. The van der Waals surface area contributed by atoms with Crippen molar-refractivity contribution in [1.29, 1.82) is 0 Å². The molecule has 0 radical (unpaired) electrons. The van der Waals surface area contributed by atoms with E-state index in [0.717, 1.165) is 12.8 Å². The summed E-state index contributed by atoms with van der Waals surface area (Å²) in [5.74, 6) is 0. The SMILES string of the molecule is C=CCC/C(=C\C)C1=C(CC)CC(CC)=C1. The molecule has 1 rings (SSSR count). The lowest BCUT2D eigenvalue weighted by atomic mass is 9.97. The molecule has 0 N–H and O–H groups in total. The minimum Gasteiger partial charge on any atom is -0.103 e. The third-order valence-corrected chi connectivity index (χ3v) is 3.36. The van der Waals surface area contributed by atoms with Crippen LogP contribution in [0.1, 0.15) is 52.9 Å². The summed E-state index contributed by atoms with van der Waals surface area (Å²) in [6.45, 7) is 10.5. The smallest absolute Gasteiger partial charge is 0.00962 e. The molecule has 0 saturated heterocycles. The molecule has 0 atom stereocenters. The van der Waals surface area contributed by atoms with E-state index in [0.29, 0.717) is 0 Å². The monoisotopic (exact) mass is 216 g/mol. The lowest BCUT2D eigenvalue weighted by molar-refractivity contribution is 0.943. The van der Waals surface area contributed by atoms with Crippen LogP contribution in [-0.2, 0) is 0 Å². The molecular formula is C16H24. The summed E-state index contributed by atoms with van der Waals surface area (Å²) >= 11 is 0. The highest BCUT2D eigenvalue weighted by molar-refractivity contribution is 5.50. The van der Waals surface area contributed by atoms with E-state index in [1.807, 2.05) is 6.08 Å². The van der Waals surface area contributed by atoms with Gasteiger partial charge in [0.25, 0.3) is 0 Å². The summed E-state index contributed by atoms with van der Waals surface area (Å²) in [5.41, 5.74) is 6.22. The maximum atomic E-state index is 3.81.